The van der Waals surface area contributed by atoms with Crippen LogP contribution in [0.1, 0.15) is 12.8 Å². The van der Waals surface area contributed by atoms with E-state index in [1.807, 2.05) is 36.4 Å². The number of carbonyl (C=O) groups excluding carboxylic acids is 1. The lowest BCUT2D eigenvalue weighted by molar-refractivity contribution is -0.117. The van der Waals surface area contributed by atoms with Crippen LogP contribution in [0.2, 0.25) is 0 Å². The van der Waals surface area contributed by atoms with E-state index in [0.717, 1.165) is 23.5 Å². The van der Waals surface area contributed by atoms with Gasteiger partial charge in [-0.3, -0.25) is 4.79 Å². The summed E-state index contributed by atoms with van der Waals surface area (Å²) in [5, 5.41) is 0. The van der Waals surface area contributed by atoms with Gasteiger partial charge in [0.2, 0.25) is 15.9 Å². The van der Waals surface area contributed by atoms with Gasteiger partial charge in [-0.2, -0.15) is 4.31 Å². The van der Waals surface area contributed by atoms with E-state index in [-0.39, 0.29) is 16.6 Å². The van der Waals surface area contributed by atoms with Crippen LogP contribution in [-0.4, -0.2) is 68.4 Å². The maximum atomic E-state index is 13.6. The standard InChI is InChI=1S/C25H27N5O4S/c1-34-22-10-9-20(30-11-5-8-25(30)31)16-23(22)35(32,33)29-14-12-28(13-15-29)24-17-21(26-18-27-24)19-6-3-2-4-7-19/h2-4,6-7,9-10,16-18H,5,8,11-15H2,1H3. The van der Waals surface area contributed by atoms with Crippen LogP contribution in [0.4, 0.5) is 11.5 Å². The zero-order valence-corrected chi connectivity index (χ0v) is 20.3. The van der Waals surface area contributed by atoms with Gasteiger partial charge in [0.05, 0.1) is 12.8 Å². The number of carbonyl (C=O) groups is 1. The molecule has 0 aliphatic carbocycles. The lowest BCUT2D eigenvalue weighted by Crippen LogP contribution is -2.49. The van der Waals surface area contributed by atoms with Gasteiger partial charge in [-0.1, -0.05) is 30.3 Å². The van der Waals surface area contributed by atoms with Crippen molar-refractivity contribution in [2.75, 3.05) is 49.6 Å². The van der Waals surface area contributed by atoms with Crippen LogP contribution < -0.4 is 14.5 Å². The monoisotopic (exact) mass is 493 g/mol. The van der Waals surface area contributed by atoms with Gasteiger partial charge in [-0.25, -0.2) is 18.4 Å². The maximum Gasteiger partial charge on any atom is 0.246 e. The second-order valence-electron chi connectivity index (χ2n) is 8.50. The molecular weight excluding hydrogens is 466 g/mol. The Morgan fingerprint density at radius 3 is 2.37 bits per heavy atom. The Balaban J connectivity index is 1.34. The summed E-state index contributed by atoms with van der Waals surface area (Å²) in [6.07, 6.45) is 2.78. The Morgan fingerprint density at radius 1 is 0.914 bits per heavy atom. The minimum absolute atomic E-state index is 0.00634. The molecule has 1 aromatic heterocycles. The molecule has 0 spiro atoms. The fourth-order valence-corrected chi connectivity index (χ4v) is 6.14. The van der Waals surface area contributed by atoms with Crippen LogP contribution in [0.15, 0.2) is 65.8 Å². The number of hydrogen-bond donors (Lipinski definition) is 0. The topological polar surface area (TPSA) is 95.9 Å². The number of piperazine rings is 1. The van der Waals surface area contributed by atoms with E-state index in [4.69, 9.17) is 4.74 Å². The first kappa shape index (κ1) is 23.3. The second-order valence-corrected chi connectivity index (χ2v) is 10.4. The van der Waals surface area contributed by atoms with Crippen LogP contribution in [0.3, 0.4) is 0 Å². The number of nitrogens with zero attached hydrogens (tertiary/aromatic N) is 5. The number of anilines is 2. The van der Waals surface area contributed by atoms with E-state index in [2.05, 4.69) is 14.9 Å². The number of methoxy groups -OCH3 is 1. The third-order valence-corrected chi connectivity index (χ3v) is 8.35. The first-order valence-electron chi connectivity index (χ1n) is 11.6. The lowest BCUT2D eigenvalue weighted by atomic mass is 10.1. The van der Waals surface area contributed by atoms with Gasteiger partial charge >= 0.3 is 0 Å². The number of ether oxygens (including phenoxy) is 1. The third kappa shape index (κ3) is 4.59. The fraction of sp³-hybridized carbons (Fsp3) is 0.320. The highest BCUT2D eigenvalue weighted by Gasteiger charge is 2.33. The highest BCUT2D eigenvalue weighted by atomic mass is 32.2. The largest absolute Gasteiger partial charge is 0.495 e. The van der Waals surface area contributed by atoms with E-state index in [1.54, 1.807) is 23.1 Å². The van der Waals surface area contributed by atoms with Crippen molar-refractivity contribution in [2.24, 2.45) is 0 Å². The van der Waals surface area contributed by atoms with E-state index >= 15 is 0 Å². The molecule has 2 aliphatic heterocycles. The molecule has 0 radical (unpaired) electrons. The minimum atomic E-state index is -3.82. The predicted molar refractivity (Wildman–Crippen MR) is 133 cm³/mol. The van der Waals surface area contributed by atoms with Crippen molar-refractivity contribution in [1.29, 1.82) is 0 Å². The first-order chi connectivity index (χ1) is 17.0. The van der Waals surface area contributed by atoms with Crippen LogP contribution in [-0.2, 0) is 14.8 Å². The molecule has 2 fully saturated rings. The molecule has 0 bridgehead atoms. The van der Waals surface area contributed by atoms with Crippen LogP contribution in [0.5, 0.6) is 5.75 Å². The van der Waals surface area contributed by atoms with Crippen molar-refractivity contribution in [2.45, 2.75) is 17.7 Å². The van der Waals surface area contributed by atoms with E-state index in [9.17, 15) is 13.2 Å². The van der Waals surface area contributed by atoms with Crippen molar-refractivity contribution in [3.63, 3.8) is 0 Å². The first-order valence-corrected chi connectivity index (χ1v) is 13.0. The summed E-state index contributed by atoms with van der Waals surface area (Å²) in [6, 6.07) is 16.7. The van der Waals surface area contributed by atoms with Gasteiger partial charge in [-0.15, -0.1) is 0 Å². The Kier molecular flexibility index (Phi) is 6.40. The Labute approximate surface area is 205 Å². The van der Waals surface area contributed by atoms with Crippen LogP contribution >= 0.6 is 0 Å². The molecule has 35 heavy (non-hydrogen) atoms. The van der Waals surface area contributed by atoms with Gasteiger partial charge in [0, 0.05) is 56.5 Å². The highest BCUT2D eigenvalue weighted by Crippen LogP contribution is 2.33. The van der Waals surface area contributed by atoms with E-state index in [1.165, 1.54) is 17.7 Å². The minimum Gasteiger partial charge on any atom is -0.495 e. The molecule has 2 saturated heterocycles. The van der Waals surface area contributed by atoms with E-state index in [0.29, 0.717) is 44.8 Å². The molecule has 2 aromatic carbocycles. The molecule has 3 heterocycles. The Hall–Kier alpha value is -3.50. The number of rotatable bonds is 6. The van der Waals surface area contributed by atoms with Gasteiger partial charge in [0.25, 0.3) is 0 Å². The molecule has 5 rings (SSSR count). The zero-order valence-electron chi connectivity index (χ0n) is 19.5. The molecule has 10 heteroatoms. The van der Waals surface area contributed by atoms with Crippen molar-refractivity contribution in [1.82, 2.24) is 14.3 Å². The number of amides is 1. The maximum absolute atomic E-state index is 13.6. The smallest absolute Gasteiger partial charge is 0.246 e. The van der Waals surface area contributed by atoms with Gasteiger partial charge in [0.15, 0.2) is 0 Å². The molecule has 0 N–H and O–H groups in total. The predicted octanol–water partition coefficient (Wildman–Crippen LogP) is 2.79. The third-order valence-electron chi connectivity index (χ3n) is 6.43. The van der Waals surface area contributed by atoms with Crippen LogP contribution in [0.25, 0.3) is 11.3 Å². The number of hydrogen-bond acceptors (Lipinski definition) is 7. The number of aromatic nitrogens is 2. The lowest BCUT2D eigenvalue weighted by Gasteiger charge is -2.35. The second kappa shape index (κ2) is 9.63. The van der Waals surface area contributed by atoms with Gasteiger partial charge in [0.1, 0.15) is 22.8 Å². The SMILES string of the molecule is COc1ccc(N2CCCC2=O)cc1S(=O)(=O)N1CCN(c2cc(-c3ccccc3)ncn2)CC1. The van der Waals surface area contributed by atoms with Crippen molar-refractivity contribution < 1.29 is 17.9 Å². The summed E-state index contributed by atoms with van der Waals surface area (Å²) in [5.74, 6) is 1.04. The van der Waals surface area contributed by atoms with Crippen LogP contribution in [0, 0.1) is 0 Å². The molecule has 0 atom stereocenters. The summed E-state index contributed by atoms with van der Waals surface area (Å²) < 4.78 is 34.0. The average molecular weight is 494 g/mol. The molecule has 182 valence electrons. The Bertz CT molecular complexity index is 1320. The summed E-state index contributed by atoms with van der Waals surface area (Å²) in [7, 11) is -2.37. The summed E-state index contributed by atoms with van der Waals surface area (Å²) in [5.41, 5.74) is 2.41. The summed E-state index contributed by atoms with van der Waals surface area (Å²) >= 11 is 0. The summed E-state index contributed by atoms with van der Waals surface area (Å²) in [4.78, 5) is 24.8. The van der Waals surface area contributed by atoms with Crippen molar-refractivity contribution >= 4 is 27.4 Å². The molecule has 2 aliphatic rings. The quantitative estimate of drug-likeness (QED) is 0.521. The Morgan fingerprint density at radius 2 is 1.69 bits per heavy atom. The fourth-order valence-electron chi connectivity index (χ4n) is 4.54. The highest BCUT2D eigenvalue weighted by molar-refractivity contribution is 7.89. The molecule has 1 amide bonds. The molecular formula is C25H27N5O4S. The van der Waals surface area contributed by atoms with Crippen molar-refractivity contribution in [3.8, 4) is 17.0 Å². The number of sulfonamides is 1. The van der Waals surface area contributed by atoms with Gasteiger partial charge in [-0.05, 0) is 24.6 Å². The molecule has 0 saturated carbocycles. The summed E-state index contributed by atoms with van der Waals surface area (Å²) in [6.45, 7) is 2.20. The molecule has 9 nitrogen and oxygen atoms in total. The van der Waals surface area contributed by atoms with Gasteiger partial charge < -0.3 is 14.5 Å². The number of benzene rings is 2. The zero-order chi connectivity index (χ0) is 24.4. The molecule has 3 aromatic rings. The molecule has 0 unspecified atom stereocenters. The average Bonchev–Trinajstić information content (AvgIpc) is 3.34. The van der Waals surface area contributed by atoms with E-state index < -0.39 is 10.0 Å². The normalized spacial score (nSPS) is 17.1. The van der Waals surface area contributed by atoms with Crippen molar-refractivity contribution in [3.05, 3.63) is 60.9 Å².